The van der Waals surface area contributed by atoms with Crippen molar-refractivity contribution < 1.29 is 33.8 Å². The Morgan fingerprint density at radius 3 is 2.10 bits per heavy atom. The molecule has 10 nitrogen and oxygen atoms in total. The van der Waals surface area contributed by atoms with E-state index in [4.69, 9.17) is 9.47 Å². The van der Waals surface area contributed by atoms with Crippen LogP contribution in [0.25, 0.3) is 11.1 Å². The van der Waals surface area contributed by atoms with Gasteiger partial charge >= 0.3 is 18.0 Å². The van der Waals surface area contributed by atoms with Gasteiger partial charge in [-0.2, -0.15) is 0 Å². The Morgan fingerprint density at radius 1 is 0.951 bits per heavy atom. The average Bonchev–Trinajstić information content (AvgIpc) is 3.24. The molecule has 2 amide bonds. The lowest BCUT2D eigenvalue weighted by atomic mass is 9.98. The van der Waals surface area contributed by atoms with E-state index in [0.717, 1.165) is 22.3 Å². The highest BCUT2D eigenvalue weighted by Crippen LogP contribution is 2.44. The van der Waals surface area contributed by atoms with E-state index in [1.165, 1.54) is 0 Å². The van der Waals surface area contributed by atoms with Crippen molar-refractivity contribution in [3.8, 4) is 11.1 Å². The fourth-order valence-electron chi connectivity index (χ4n) is 5.37. The van der Waals surface area contributed by atoms with E-state index >= 15 is 0 Å². The molecule has 2 aromatic rings. The highest BCUT2D eigenvalue weighted by atomic mass is 16.6. The monoisotopic (exact) mass is 565 g/mol. The Kier molecular flexibility index (Phi) is 9.65. The normalized spacial score (nSPS) is 15.9. The van der Waals surface area contributed by atoms with Gasteiger partial charge in [0.15, 0.2) is 0 Å². The van der Waals surface area contributed by atoms with Gasteiger partial charge in [-0.15, -0.1) is 0 Å². The fourth-order valence-corrected chi connectivity index (χ4v) is 5.37. The Balaban J connectivity index is 1.19. The summed E-state index contributed by atoms with van der Waals surface area (Å²) < 4.78 is 10.8. The second kappa shape index (κ2) is 13.2. The zero-order valence-electron chi connectivity index (χ0n) is 23.9. The zero-order chi connectivity index (χ0) is 29.6. The molecule has 220 valence electrons. The molecule has 1 aliphatic carbocycles. The summed E-state index contributed by atoms with van der Waals surface area (Å²) in [5, 5.41) is 12.1. The van der Waals surface area contributed by atoms with Gasteiger partial charge in [0.05, 0.1) is 6.54 Å². The standard InChI is InChI=1S/C31H39N3O7/c1-31(2,3)41-28(36)19-33-15-17-34(18-16-33)27(35)14-8-13-26(29(37)38)32-30(39)40-20-25-23-11-6-4-9-21(23)22-10-5-7-12-24(22)25/h4-7,9-12,25-26H,8,13-20H2,1-3H3,(H,32,39)(H,37,38)/t26-/m1/s1. The van der Waals surface area contributed by atoms with Gasteiger partial charge in [-0.05, 0) is 55.9 Å². The summed E-state index contributed by atoms with van der Waals surface area (Å²) in [5.74, 6) is -1.67. The predicted octanol–water partition coefficient (Wildman–Crippen LogP) is 3.63. The van der Waals surface area contributed by atoms with Crippen LogP contribution in [0.4, 0.5) is 4.79 Å². The van der Waals surface area contributed by atoms with Gasteiger partial charge in [-0.25, -0.2) is 9.59 Å². The Hall–Kier alpha value is -3.92. The molecule has 0 radical (unpaired) electrons. The summed E-state index contributed by atoms with van der Waals surface area (Å²) in [6.45, 7) is 7.84. The number of fused-ring (bicyclic) bond motifs is 3. The van der Waals surface area contributed by atoms with Gasteiger partial charge in [0, 0.05) is 38.5 Å². The molecule has 0 spiro atoms. The summed E-state index contributed by atoms with van der Waals surface area (Å²) in [6.07, 6.45) is -0.226. The minimum Gasteiger partial charge on any atom is -0.480 e. The number of amides is 2. The number of nitrogens with zero attached hydrogens (tertiary/aromatic N) is 2. The third-order valence-electron chi connectivity index (χ3n) is 7.32. The molecule has 1 saturated heterocycles. The number of carboxylic acids is 1. The first-order chi connectivity index (χ1) is 19.5. The van der Waals surface area contributed by atoms with Crippen molar-refractivity contribution in [3.05, 3.63) is 59.7 Å². The van der Waals surface area contributed by atoms with Crippen molar-refractivity contribution in [1.29, 1.82) is 0 Å². The van der Waals surface area contributed by atoms with Crippen molar-refractivity contribution in [1.82, 2.24) is 15.1 Å². The van der Waals surface area contributed by atoms with Crippen molar-refractivity contribution in [3.63, 3.8) is 0 Å². The van der Waals surface area contributed by atoms with Gasteiger partial charge in [-0.1, -0.05) is 48.5 Å². The summed E-state index contributed by atoms with van der Waals surface area (Å²) in [7, 11) is 0. The Bertz CT molecular complexity index is 1220. The summed E-state index contributed by atoms with van der Waals surface area (Å²) in [5.41, 5.74) is 3.81. The second-order valence-corrected chi connectivity index (χ2v) is 11.5. The lowest BCUT2D eigenvalue weighted by molar-refractivity contribution is -0.156. The first kappa shape index (κ1) is 30.0. The summed E-state index contributed by atoms with van der Waals surface area (Å²) in [6, 6.07) is 14.8. The molecule has 4 rings (SSSR count). The van der Waals surface area contributed by atoms with Crippen LogP contribution in [-0.2, 0) is 23.9 Å². The number of hydrogen-bond acceptors (Lipinski definition) is 7. The molecular formula is C31H39N3O7. The molecule has 1 heterocycles. The van der Waals surface area contributed by atoms with Gasteiger partial charge in [0.25, 0.3) is 0 Å². The maximum atomic E-state index is 12.7. The molecule has 0 saturated carbocycles. The largest absolute Gasteiger partial charge is 0.480 e. The van der Waals surface area contributed by atoms with Crippen LogP contribution < -0.4 is 5.32 Å². The molecule has 10 heteroatoms. The highest BCUT2D eigenvalue weighted by molar-refractivity contribution is 5.81. The lowest BCUT2D eigenvalue weighted by Gasteiger charge is -2.34. The van der Waals surface area contributed by atoms with Crippen molar-refractivity contribution in [2.24, 2.45) is 0 Å². The average molecular weight is 566 g/mol. The number of nitrogens with one attached hydrogen (secondary N) is 1. The summed E-state index contributed by atoms with van der Waals surface area (Å²) >= 11 is 0. The van der Waals surface area contributed by atoms with Crippen LogP contribution >= 0.6 is 0 Å². The number of carbonyl (C=O) groups excluding carboxylic acids is 3. The van der Waals surface area contributed by atoms with E-state index < -0.39 is 23.7 Å². The van der Waals surface area contributed by atoms with Crippen molar-refractivity contribution >= 4 is 23.9 Å². The van der Waals surface area contributed by atoms with Gasteiger partial charge < -0.3 is 24.8 Å². The Labute approximate surface area is 240 Å². The van der Waals surface area contributed by atoms with E-state index in [1.54, 1.807) is 4.90 Å². The van der Waals surface area contributed by atoms with Crippen LogP contribution in [-0.4, -0.2) is 89.8 Å². The number of carbonyl (C=O) groups is 4. The van der Waals surface area contributed by atoms with Crippen LogP contribution in [0.2, 0.25) is 0 Å². The van der Waals surface area contributed by atoms with E-state index in [1.807, 2.05) is 74.2 Å². The van der Waals surface area contributed by atoms with E-state index in [9.17, 15) is 24.3 Å². The number of aliphatic carboxylic acids is 1. The molecule has 2 aromatic carbocycles. The van der Waals surface area contributed by atoms with Crippen LogP contribution in [0.15, 0.2) is 48.5 Å². The van der Waals surface area contributed by atoms with E-state index in [-0.39, 0.29) is 43.8 Å². The number of alkyl carbamates (subject to hydrolysis) is 1. The molecule has 41 heavy (non-hydrogen) atoms. The molecule has 1 aliphatic heterocycles. The summed E-state index contributed by atoms with van der Waals surface area (Å²) in [4.78, 5) is 52.8. The molecular weight excluding hydrogens is 526 g/mol. The number of carboxylic acid groups (broad SMARTS) is 1. The first-order valence-electron chi connectivity index (χ1n) is 14.1. The minimum atomic E-state index is -1.18. The van der Waals surface area contributed by atoms with E-state index in [2.05, 4.69) is 5.32 Å². The lowest BCUT2D eigenvalue weighted by Crippen LogP contribution is -2.50. The zero-order valence-corrected chi connectivity index (χ0v) is 23.9. The number of hydrogen-bond donors (Lipinski definition) is 2. The molecule has 2 aliphatic rings. The van der Waals surface area contributed by atoms with Crippen molar-refractivity contribution in [2.75, 3.05) is 39.3 Å². The fraction of sp³-hybridized carbons (Fsp3) is 0.484. The van der Waals surface area contributed by atoms with Gasteiger partial charge in [-0.3, -0.25) is 14.5 Å². The third-order valence-corrected chi connectivity index (χ3v) is 7.32. The molecule has 1 atom stereocenters. The molecule has 1 fully saturated rings. The van der Waals surface area contributed by atoms with Crippen molar-refractivity contribution in [2.45, 2.75) is 57.6 Å². The maximum absolute atomic E-state index is 12.7. The first-order valence-corrected chi connectivity index (χ1v) is 14.1. The van der Waals surface area contributed by atoms with Gasteiger partial charge in [0.2, 0.25) is 5.91 Å². The van der Waals surface area contributed by atoms with Crippen LogP contribution in [0.1, 0.15) is 57.1 Å². The number of piperazine rings is 1. The van der Waals surface area contributed by atoms with Crippen LogP contribution in [0, 0.1) is 0 Å². The molecule has 0 aromatic heterocycles. The quantitative estimate of drug-likeness (QED) is 0.419. The predicted molar refractivity (Wildman–Crippen MR) is 152 cm³/mol. The Morgan fingerprint density at radius 2 is 1.54 bits per heavy atom. The molecule has 2 N–H and O–H groups in total. The third kappa shape index (κ3) is 8.07. The number of rotatable bonds is 10. The minimum absolute atomic E-state index is 0.0767. The van der Waals surface area contributed by atoms with Crippen LogP contribution in [0.5, 0.6) is 0 Å². The number of esters is 1. The van der Waals surface area contributed by atoms with Crippen LogP contribution in [0.3, 0.4) is 0 Å². The smallest absolute Gasteiger partial charge is 0.407 e. The number of ether oxygens (including phenoxy) is 2. The van der Waals surface area contributed by atoms with E-state index in [0.29, 0.717) is 32.6 Å². The topological polar surface area (TPSA) is 125 Å². The van der Waals surface area contributed by atoms with Gasteiger partial charge in [0.1, 0.15) is 18.2 Å². The second-order valence-electron chi connectivity index (χ2n) is 11.5. The SMILES string of the molecule is CC(C)(C)OC(=O)CN1CCN(C(=O)CCC[C@@H](NC(=O)OCC2c3ccccc3-c3ccccc32)C(=O)O)CC1. The highest BCUT2D eigenvalue weighted by Gasteiger charge is 2.30. The molecule has 0 bridgehead atoms. The maximum Gasteiger partial charge on any atom is 0.407 e. The number of benzene rings is 2. The molecule has 0 unspecified atom stereocenters.